The molecular weight excluding hydrogens is 611 g/mol. The van der Waals surface area contributed by atoms with Crippen LogP contribution in [0.25, 0.3) is 0 Å². The molecule has 4 aliphatic carbocycles. The minimum atomic E-state index is -0.607. The monoisotopic (exact) mass is 668 g/mol. The van der Waals surface area contributed by atoms with Crippen molar-refractivity contribution in [1.82, 2.24) is 42.5 Å². The quantitative estimate of drug-likeness (QED) is 0.205. The van der Waals surface area contributed by atoms with E-state index in [1.54, 1.807) is 0 Å². The van der Waals surface area contributed by atoms with Gasteiger partial charge in [0.15, 0.2) is 0 Å². The fourth-order valence-corrected chi connectivity index (χ4v) is 12.3. The van der Waals surface area contributed by atoms with Crippen LogP contribution in [0.5, 0.6) is 0 Å². The number of carbonyl (C=O) groups is 1. The molecule has 12 heteroatoms. The molecule has 256 valence electrons. The molecule has 9 fully saturated rings. The Kier molecular flexibility index (Phi) is 10.0. The number of aliphatic carboxylic acids is 1. The number of nitrogens with one attached hydrogen (secondary N) is 8. The van der Waals surface area contributed by atoms with E-state index in [1.807, 2.05) is 0 Å². The van der Waals surface area contributed by atoms with E-state index in [1.165, 1.54) is 77.0 Å². The summed E-state index contributed by atoms with van der Waals surface area (Å²) in [4.78, 5) is 12.6. The highest BCUT2D eigenvalue weighted by molar-refractivity contribution is 5.85. The van der Waals surface area contributed by atoms with Crippen LogP contribution in [-0.2, 0) is 4.79 Å². The van der Waals surface area contributed by atoms with E-state index in [0.29, 0.717) is 66.1 Å². The van der Waals surface area contributed by atoms with Gasteiger partial charge in [0, 0.05) is 5.92 Å². The summed E-state index contributed by atoms with van der Waals surface area (Å²) in [5.41, 5.74) is 0. The predicted molar refractivity (Wildman–Crippen MR) is 178 cm³/mol. The minimum absolute atomic E-state index is 0. The maximum absolute atomic E-state index is 12.6. The number of carboxylic acid groups (broad SMARTS) is 1. The molecule has 5 saturated heterocycles. The minimum Gasteiger partial charge on any atom is -0.481 e. The summed E-state index contributed by atoms with van der Waals surface area (Å²) in [7, 11) is 0. The van der Waals surface area contributed by atoms with Crippen LogP contribution in [0, 0.1) is 53.3 Å². The maximum Gasteiger partial charge on any atom is 0.306 e. The van der Waals surface area contributed by atoms with Crippen molar-refractivity contribution < 1.29 is 9.90 Å². The van der Waals surface area contributed by atoms with Gasteiger partial charge in [-0.15, -0.1) is 24.8 Å². The van der Waals surface area contributed by atoms with Crippen LogP contribution in [0.15, 0.2) is 0 Å². The predicted octanol–water partition coefficient (Wildman–Crippen LogP) is 2.76. The zero-order valence-corrected chi connectivity index (χ0v) is 28.2. The average molecular weight is 670 g/mol. The smallest absolute Gasteiger partial charge is 0.306 e. The third-order valence-electron chi connectivity index (χ3n) is 14.2. The molecule has 9 N–H and O–H groups in total. The van der Waals surface area contributed by atoms with Crippen LogP contribution < -0.4 is 42.5 Å². The maximum atomic E-state index is 12.6. The van der Waals surface area contributed by atoms with Gasteiger partial charge in [-0.3, -0.25) is 47.3 Å². The Bertz CT molecular complexity index is 1060. The van der Waals surface area contributed by atoms with Crippen molar-refractivity contribution in [3.63, 3.8) is 0 Å². The molecule has 0 radical (unpaired) electrons. The zero-order valence-electron chi connectivity index (χ0n) is 26.6. The molecule has 17 atom stereocenters. The van der Waals surface area contributed by atoms with E-state index in [-0.39, 0.29) is 61.3 Å². The van der Waals surface area contributed by atoms with Crippen LogP contribution in [-0.4, -0.2) is 60.4 Å². The van der Waals surface area contributed by atoms with Gasteiger partial charge in [-0.25, -0.2) is 0 Å². The number of carboxylic acids is 1. The van der Waals surface area contributed by atoms with Gasteiger partial charge >= 0.3 is 5.97 Å². The Hall–Kier alpha value is -0.270. The molecule has 4 saturated carbocycles. The number of halogens is 2. The topological polar surface area (TPSA) is 134 Å². The first-order valence-corrected chi connectivity index (χ1v) is 18.4. The number of rotatable bonds is 1. The molecule has 10 nitrogen and oxygen atoms in total. The van der Waals surface area contributed by atoms with Crippen LogP contribution in [0.1, 0.15) is 96.3 Å². The Morgan fingerprint density at radius 3 is 0.956 bits per heavy atom. The van der Waals surface area contributed by atoms with Crippen LogP contribution in [0.2, 0.25) is 0 Å². The summed E-state index contributed by atoms with van der Waals surface area (Å²) in [6, 6.07) is 0. The average Bonchev–Trinajstić information content (AvgIpc) is 3.76. The van der Waals surface area contributed by atoms with Gasteiger partial charge < -0.3 is 5.11 Å². The second-order valence-corrected chi connectivity index (χ2v) is 16.1. The van der Waals surface area contributed by atoms with Crippen molar-refractivity contribution >= 4 is 30.8 Å². The van der Waals surface area contributed by atoms with Gasteiger partial charge in [0.1, 0.15) is 0 Å². The molecule has 0 spiro atoms. The molecule has 0 amide bonds. The molecule has 5 aliphatic heterocycles. The number of hydrogen-bond acceptors (Lipinski definition) is 9. The molecular formula is C33H58Cl2N8O2. The lowest BCUT2D eigenvalue weighted by Gasteiger charge is -2.37. The van der Waals surface area contributed by atoms with Gasteiger partial charge in [-0.2, -0.15) is 0 Å². The van der Waals surface area contributed by atoms with E-state index in [0.717, 1.165) is 19.3 Å². The van der Waals surface area contributed by atoms with Crippen molar-refractivity contribution in [3.05, 3.63) is 0 Å². The molecule has 5 heterocycles. The summed E-state index contributed by atoms with van der Waals surface area (Å²) in [6.45, 7) is 0. The molecule has 9 rings (SSSR count). The van der Waals surface area contributed by atoms with Crippen LogP contribution in [0.3, 0.4) is 0 Å². The van der Waals surface area contributed by atoms with E-state index in [2.05, 4.69) is 42.5 Å². The van der Waals surface area contributed by atoms with Crippen LogP contribution in [0.4, 0.5) is 0 Å². The largest absolute Gasteiger partial charge is 0.481 e. The van der Waals surface area contributed by atoms with Gasteiger partial charge in [0.25, 0.3) is 0 Å². The first-order chi connectivity index (χ1) is 21.1. The van der Waals surface area contributed by atoms with Crippen molar-refractivity contribution in [2.75, 3.05) is 0 Å². The lowest BCUT2D eigenvalue weighted by Crippen LogP contribution is -2.62. The molecule has 9 aliphatic rings. The lowest BCUT2D eigenvalue weighted by atomic mass is 9.71. The lowest BCUT2D eigenvalue weighted by molar-refractivity contribution is -0.146. The Labute approximate surface area is 281 Å². The second-order valence-electron chi connectivity index (χ2n) is 16.1. The van der Waals surface area contributed by atoms with Gasteiger partial charge in [-0.1, -0.05) is 44.9 Å². The second kappa shape index (κ2) is 13.6. The standard InChI is InChI=1S/C33H56N8O2.2ClH/c42-33(43)23-15-7-14-22-24(23)32-40-30-21-13-6-5-12-20(21)28(38-30)36-26-17-9-2-1-8-16(17)25(34-26)35-27-18-10-3-4-11-19(18)29(37-27)39-31(22)41-32;;/h16-32,34-41H,1-15H2,(H,42,43);2*1H. The van der Waals surface area contributed by atoms with Crippen molar-refractivity contribution in [1.29, 1.82) is 0 Å². The third-order valence-corrected chi connectivity index (χ3v) is 14.2. The summed E-state index contributed by atoms with van der Waals surface area (Å²) in [5, 5.41) is 43.3. The molecule has 17 unspecified atom stereocenters. The third kappa shape index (κ3) is 5.79. The first kappa shape index (κ1) is 33.2. The number of hydrogen-bond donors (Lipinski definition) is 9. The van der Waals surface area contributed by atoms with E-state index >= 15 is 0 Å². The summed E-state index contributed by atoms with van der Waals surface area (Å²) in [6.07, 6.45) is 20.5. The summed E-state index contributed by atoms with van der Waals surface area (Å²) in [5.74, 6) is 3.36. The fraction of sp³-hybridized carbons (Fsp3) is 0.970. The highest BCUT2D eigenvalue weighted by Crippen LogP contribution is 2.46. The Morgan fingerprint density at radius 2 is 0.644 bits per heavy atom. The first-order valence-electron chi connectivity index (χ1n) is 18.4. The summed E-state index contributed by atoms with van der Waals surface area (Å²) < 4.78 is 0. The highest BCUT2D eigenvalue weighted by Gasteiger charge is 2.56. The fourth-order valence-electron chi connectivity index (χ4n) is 12.3. The van der Waals surface area contributed by atoms with Gasteiger partial charge in [0.2, 0.25) is 0 Å². The van der Waals surface area contributed by atoms with Crippen molar-refractivity contribution in [3.8, 4) is 0 Å². The van der Waals surface area contributed by atoms with Crippen molar-refractivity contribution in [2.24, 2.45) is 53.3 Å². The normalized spacial score (nSPS) is 53.6. The Balaban J connectivity index is 0.00000163. The summed E-state index contributed by atoms with van der Waals surface area (Å²) >= 11 is 0. The van der Waals surface area contributed by atoms with Crippen LogP contribution >= 0.6 is 24.8 Å². The molecule has 8 bridgehead atoms. The van der Waals surface area contributed by atoms with E-state index < -0.39 is 5.97 Å². The molecule has 0 aromatic rings. The molecule has 0 aromatic carbocycles. The van der Waals surface area contributed by atoms with Gasteiger partial charge in [0.05, 0.1) is 55.2 Å². The van der Waals surface area contributed by atoms with E-state index in [4.69, 9.17) is 0 Å². The molecule has 0 aromatic heterocycles. The Morgan fingerprint density at radius 1 is 0.378 bits per heavy atom. The van der Waals surface area contributed by atoms with Gasteiger partial charge in [-0.05, 0) is 92.8 Å². The highest BCUT2D eigenvalue weighted by atomic mass is 35.5. The zero-order chi connectivity index (χ0) is 28.7. The van der Waals surface area contributed by atoms with Crippen molar-refractivity contribution in [2.45, 2.75) is 146 Å². The van der Waals surface area contributed by atoms with E-state index in [9.17, 15) is 9.90 Å². The molecule has 45 heavy (non-hydrogen) atoms. The number of fused-ring (bicyclic) bond motifs is 20. The SMILES string of the molecule is Cl.Cl.O=C(O)C1CCCC2C3NC4NC(NC5NC(NC6NC(NC(N3)C12)C1CCCCC61)C1CCCCC51)C1CCCCC41.